The Bertz CT molecular complexity index is 707. The van der Waals surface area contributed by atoms with Gasteiger partial charge in [-0.1, -0.05) is 0 Å². The molecule has 2 aromatic heterocycles. The third kappa shape index (κ3) is 3.53. The Morgan fingerprint density at radius 1 is 1.09 bits per heavy atom. The summed E-state index contributed by atoms with van der Waals surface area (Å²) in [4.78, 5) is 27.7. The number of carbonyl (C=O) groups is 2. The van der Waals surface area contributed by atoms with Crippen molar-refractivity contribution in [3.05, 3.63) is 53.9 Å². The van der Waals surface area contributed by atoms with Crippen LogP contribution in [0.1, 0.15) is 22.1 Å². The van der Waals surface area contributed by atoms with Crippen molar-refractivity contribution in [2.45, 2.75) is 6.92 Å². The van der Waals surface area contributed by atoms with Crippen LogP contribution in [0.4, 0.5) is 0 Å². The molecule has 2 amide bonds. The highest BCUT2D eigenvalue weighted by atomic mass is 16.3. The molecule has 0 saturated carbocycles. The van der Waals surface area contributed by atoms with Gasteiger partial charge in [-0.3, -0.25) is 9.59 Å². The van der Waals surface area contributed by atoms with Crippen LogP contribution in [0.3, 0.4) is 0 Å². The predicted octanol–water partition coefficient (Wildman–Crippen LogP) is 2.18. The zero-order chi connectivity index (χ0) is 16.2. The Hall–Kier alpha value is -2.76. The Morgan fingerprint density at radius 2 is 1.83 bits per heavy atom. The largest absolute Gasteiger partial charge is 0.462 e. The third-order valence-electron chi connectivity index (χ3n) is 3.76. The van der Waals surface area contributed by atoms with Crippen molar-refractivity contribution in [3.63, 3.8) is 0 Å². The van der Waals surface area contributed by atoms with E-state index < -0.39 is 0 Å². The van der Waals surface area contributed by atoms with E-state index in [2.05, 4.69) is 0 Å². The lowest BCUT2D eigenvalue weighted by atomic mass is 10.2. The van der Waals surface area contributed by atoms with Crippen LogP contribution < -0.4 is 0 Å². The molecule has 120 valence electrons. The molecule has 1 saturated heterocycles. The van der Waals surface area contributed by atoms with Crippen molar-refractivity contribution in [3.8, 4) is 0 Å². The van der Waals surface area contributed by atoms with Gasteiger partial charge in [0.25, 0.3) is 5.91 Å². The van der Waals surface area contributed by atoms with E-state index in [0.29, 0.717) is 37.7 Å². The molecule has 3 heterocycles. The molecule has 1 aliphatic rings. The summed E-state index contributed by atoms with van der Waals surface area (Å²) in [7, 11) is 0. The fourth-order valence-electron chi connectivity index (χ4n) is 2.49. The lowest BCUT2D eigenvalue weighted by Crippen LogP contribution is -2.50. The summed E-state index contributed by atoms with van der Waals surface area (Å²) in [5.74, 6) is 1.58. The molecule has 0 unspecified atom stereocenters. The summed E-state index contributed by atoms with van der Waals surface area (Å²) in [6.07, 6.45) is 4.64. The van der Waals surface area contributed by atoms with E-state index >= 15 is 0 Å². The van der Waals surface area contributed by atoms with E-state index in [1.54, 1.807) is 28.0 Å². The molecule has 1 fully saturated rings. The van der Waals surface area contributed by atoms with Crippen LogP contribution in [0.5, 0.6) is 0 Å². The number of hydrogen-bond acceptors (Lipinski definition) is 4. The van der Waals surface area contributed by atoms with Gasteiger partial charge >= 0.3 is 0 Å². The first-order valence-electron chi connectivity index (χ1n) is 7.50. The van der Waals surface area contributed by atoms with Crippen LogP contribution in [0.25, 0.3) is 6.08 Å². The molecule has 0 bridgehead atoms. The average molecular weight is 314 g/mol. The van der Waals surface area contributed by atoms with Gasteiger partial charge in [0.15, 0.2) is 5.76 Å². The summed E-state index contributed by atoms with van der Waals surface area (Å²) in [5, 5.41) is 0. The monoisotopic (exact) mass is 314 g/mol. The highest BCUT2D eigenvalue weighted by molar-refractivity contribution is 5.93. The zero-order valence-electron chi connectivity index (χ0n) is 12.9. The van der Waals surface area contributed by atoms with E-state index in [4.69, 9.17) is 8.83 Å². The van der Waals surface area contributed by atoms with Crippen molar-refractivity contribution in [1.82, 2.24) is 9.80 Å². The quantitative estimate of drug-likeness (QED) is 0.814. The number of amides is 2. The van der Waals surface area contributed by atoms with Gasteiger partial charge in [0, 0.05) is 32.3 Å². The number of nitrogens with zero attached hydrogens (tertiary/aromatic N) is 2. The van der Waals surface area contributed by atoms with Gasteiger partial charge in [-0.25, -0.2) is 0 Å². The fourth-order valence-corrected chi connectivity index (χ4v) is 2.49. The van der Waals surface area contributed by atoms with Crippen molar-refractivity contribution >= 4 is 17.9 Å². The third-order valence-corrected chi connectivity index (χ3v) is 3.76. The number of carbonyl (C=O) groups excluding carboxylic acids is 2. The number of rotatable bonds is 3. The lowest BCUT2D eigenvalue weighted by Gasteiger charge is -2.33. The molecule has 23 heavy (non-hydrogen) atoms. The molecular weight excluding hydrogens is 296 g/mol. The van der Waals surface area contributed by atoms with Crippen molar-refractivity contribution < 1.29 is 18.4 Å². The normalized spacial score (nSPS) is 15.3. The Labute approximate surface area is 134 Å². The average Bonchev–Trinajstić information content (AvgIpc) is 3.24. The standard InChI is InChI=1S/C17H18N2O4/c1-13-4-5-14(23-13)6-7-16(20)18-8-10-19(11-9-18)17(21)15-3-2-12-22-15/h2-7,12H,8-11H2,1H3/b7-6+. The first-order chi connectivity index (χ1) is 11.1. The summed E-state index contributed by atoms with van der Waals surface area (Å²) in [6.45, 7) is 3.87. The minimum atomic E-state index is -0.135. The Balaban J connectivity index is 1.53. The van der Waals surface area contributed by atoms with Crippen LogP contribution in [0.15, 0.2) is 45.4 Å². The van der Waals surface area contributed by atoms with Gasteiger partial charge in [-0.05, 0) is 37.3 Å². The molecule has 6 heteroatoms. The second kappa shape index (κ2) is 6.56. The molecule has 0 atom stereocenters. The topological polar surface area (TPSA) is 66.9 Å². The smallest absolute Gasteiger partial charge is 0.289 e. The van der Waals surface area contributed by atoms with Gasteiger partial charge in [0.2, 0.25) is 5.91 Å². The van der Waals surface area contributed by atoms with Gasteiger partial charge in [-0.15, -0.1) is 0 Å². The summed E-state index contributed by atoms with van der Waals surface area (Å²) in [5.41, 5.74) is 0. The Kier molecular flexibility index (Phi) is 4.32. The molecule has 3 rings (SSSR count). The number of aryl methyl sites for hydroxylation is 1. The molecule has 0 N–H and O–H groups in total. The summed E-state index contributed by atoms with van der Waals surface area (Å²) in [6, 6.07) is 7.00. The fraction of sp³-hybridized carbons (Fsp3) is 0.294. The maximum absolute atomic E-state index is 12.2. The van der Waals surface area contributed by atoms with E-state index in [9.17, 15) is 9.59 Å². The first-order valence-corrected chi connectivity index (χ1v) is 7.50. The van der Waals surface area contributed by atoms with Gasteiger partial charge in [-0.2, -0.15) is 0 Å². The number of furan rings is 2. The molecule has 2 aromatic rings. The minimum absolute atomic E-state index is 0.0795. The maximum Gasteiger partial charge on any atom is 0.289 e. The summed E-state index contributed by atoms with van der Waals surface area (Å²) >= 11 is 0. The van der Waals surface area contributed by atoms with E-state index in [-0.39, 0.29) is 11.8 Å². The SMILES string of the molecule is Cc1ccc(/C=C/C(=O)N2CCN(C(=O)c3ccco3)CC2)o1. The maximum atomic E-state index is 12.2. The number of piperazine rings is 1. The van der Waals surface area contributed by atoms with Crippen LogP contribution in [0.2, 0.25) is 0 Å². The van der Waals surface area contributed by atoms with Gasteiger partial charge in [0.05, 0.1) is 6.26 Å². The second-order valence-corrected chi connectivity index (χ2v) is 5.38. The predicted molar refractivity (Wildman–Crippen MR) is 83.7 cm³/mol. The summed E-state index contributed by atoms with van der Waals surface area (Å²) < 4.78 is 10.5. The van der Waals surface area contributed by atoms with Crippen LogP contribution >= 0.6 is 0 Å². The van der Waals surface area contributed by atoms with Crippen molar-refractivity contribution in [2.24, 2.45) is 0 Å². The van der Waals surface area contributed by atoms with Crippen molar-refractivity contribution in [2.75, 3.05) is 26.2 Å². The molecule has 1 aliphatic heterocycles. The van der Waals surface area contributed by atoms with E-state index in [0.717, 1.165) is 5.76 Å². The van der Waals surface area contributed by atoms with E-state index in [1.807, 2.05) is 19.1 Å². The molecule has 0 spiro atoms. The van der Waals surface area contributed by atoms with Gasteiger partial charge < -0.3 is 18.6 Å². The second-order valence-electron chi connectivity index (χ2n) is 5.38. The number of hydrogen-bond donors (Lipinski definition) is 0. The first kappa shape index (κ1) is 15.1. The molecule has 0 aliphatic carbocycles. The molecule has 0 aromatic carbocycles. The van der Waals surface area contributed by atoms with E-state index in [1.165, 1.54) is 12.3 Å². The van der Waals surface area contributed by atoms with Gasteiger partial charge in [0.1, 0.15) is 11.5 Å². The van der Waals surface area contributed by atoms with Crippen LogP contribution in [-0.2, 0) is 4.79 Å². The molecule has 6 nitrogen and oxygen atoms in total. The minimum Gasteiger partial charge on any atom is -0.462 e. The molecular formula is C17H18N2O4. The van der Waals surface area contributed by atoms with Crippen molar-refractivity contribution in [1.29, 1.82) is 0 Å². The highest BCUT2D eigenvalue weighted by Crippen LogP contribution is 2.11. The lowest BCUT2D eigenvalue weighted by molar-refractivity contribution is -0.127. The Morgan fingerprint density at radius 3 is 2.43 bits per heavy atom. The molecule has 0 radical (unpaired) electrons. The highest BCUT2D eigenvalue weighted by Gasteiger charge is 2.25. The van der Waals surface area contributed by atoms with Crippen LogP contribution in [-0.4, -0.2) is 47.8 Å². The zero-order valence-corrected chi connectivity index (χ0v) is 12.9. The van der Waals surface area contributed by atoms with Crippen LogP contribution in [0, 0.1) is 6.92 Å².